The van der Waals surface area contributed by atoms with Gasteiger partial charge in [-0.05, 0) is 151 Å². The van der Waals surface area contributed by atoms with E-state index in [2.05, 4.69) is 67.2 Å². The third-order valence-electron chi connectivity index (χ3n) is 14.1. The van der Waals surface area contributed by atoms with Crippen LogP contribution in [0.4, 0.5) is 11.4 Å². The highest BCUT2D eigenvalue weighted by atomic mass is 14.7. The predicted molar refractivity (Wildman–Crippen MR) is 220 cm³/mol. The van der Waals surface area contributed by atoms with Gasteiger partial charge < -0.3 is 11.5 Å². The molecule has 0 aliphatic heterocycles. The van der Waals surface area contributed by atoms with Crippen molar-refractivity contribution in [1.82, 2.24) is 0 Å². The van der Waals surface area contributed by atoms with E-state index in [0.29, 0.717) is 16.7 Å². The average molecular weight is 667 g/mol. The van der Waals surface area contributed by atoms with Crippen molar-refractivity contribution in [3.05, 3.63) is 30.3 Å². The van der Waals surface area contributed by atoms with Crippen LogP contribution in [0.1, 0.15) is 186 Å². The minimum atomic E-state index is 0.276. The van der Waals surface area contributed by atoms with Crippen LogP contribution in [0.2, 0.25) is 0 Å². The van der Waals surface area contributed by atoms with Crippen LogP contribution in [0.5, 0.6) is 0 Å². The number of fused-ring (bicyclic) bond motifs is 5. The summed E-state index contributed by atoms with van der Waals surface area (Å²) in [6, 6.07) is 6.01. The molecule has 0 radical (unpaired) electrons. The molecule has 4 saturated carbocycles. The van der Waals surface area contributed by atoms with Crippen molar-refractivity contribution in [3.8, 4) is 0 Å². The van der Waals surface area contributed by atoms with Gasteiger partial charge in [0.25, 0.3) is 0 Å². The second-order valence-corrected chi connectivity index (χ2v) is 16.7. The molecule has 4 aliphatic rings. The Bertz CT molecular complexity index is 1050. The lowest BCUT2D eigenvalue weighted by atomic mass is 9.39. The van der Waals surface area contributed by atoms with Gasteiger partial charge in [-0.1, -0.05) is 130 Å². The third kappa shape index (κ3) is 9.26. The number of allylic oxidation sites excluding steroid dienone is 1. The second kappa shape index (κ2) is 19.8. The molecule has 4 fully saturated rings. The summed E-state index contributed by atoms with van der Waals surface area (Å²) < 4.78 is 0. The Morgan fingerprint density at radius 1 is 0.729 bits per heavy atom. The first-order valence-corrected chi connectivity index (χ1v) is 21.1. The SMILES string of the molecule is C=C(CC1(C)C(C)CCC2(C)C3CCC4(C)C(C(C)CCCC(C)C)CCC4C3CCC12)c1cc(N)cc(N)c1.CC.CC.CC.CC. The van der Waals surface area contributed by atoms with Crippen LogP contribution in [0.15, 0.2) is 24.8 Å². The summed E-state index contributed by atoms with van der Waals surface area (Å²) in [5.41, 5.74) is 17.5. The van der Waals surface area contributed by atoms with E-state index >= 15 is 0 Å². The number of nitrogens with two attached hydrogens (primary N) is 2. The van der Waals surface area contributed by atoms with E-state index in [1.54, 1.807) is 0 Å². The van der Waals surface area contributed by atoms with E-state index in [-0.39, 0.29) is 5.41 Å². The molecule has 280 valence electrons. The van der Waals surface area contributed by atoms with E-state index in [9.17, 15) is 0 Å². The Morgan fingerprint density at radius 3 is 1.83 bits per heavy atom. The highest BCUT2D eigenvalue weighted by molar-refractivity contribution is 5.71. The van der Waals surface area contributed by atoms with Gasteiger partial charge in [0.05, 0.1) is 0 Å². The lowest BCUT2D eigenvalue weighted by molar-refractivity contribution is -0.164. The van der Waals surface area contributed by atoms with E-state index in [1.807, 2.05) is 61.5 Å². The molecule has 2 heteroatoms. The summed E-state index contributed by atoms with van der Waals surface area (Å²) in [5, 5.41) is 0. The Morgan fingerprint density at radius 2 is 1.27 bits per heavy atom. The number of anilines is 2. The zero-order valence-electron chi connectivity index (χ0n) is 35.2. The lowest BCUT2D eigenvalue weighted by Crippen LogP contribution is -2.58. The van der Waals surface area contributed by atoms with Crippen LogP contribution in [0, 0.1) is 63.6 Å². The maximum atomic E-state index is 6.19. The summed E-state index contributed by atoms with van der Waals surface area (Å²) in [6.07, 6.45) is 16.9. The fourth-order valence-corrected chi connectivity index (χ4v) is 11.9. The van der Waals surface area contributed by atoms with E-state index in [0.717, 1.165) is 64.8 Å². The molecule has 10 atom stereocenters. The Labute approximate surface area is 302 Å². The number of benzene rings is 1. The van der Waals surface area contributed by atoms with Crippen molar-refractivity contribution in [2.24, 2.45) is 63.6 Å². The first kappa shape index (κ1) is 44.6. The molecule has 0 aromatic heterocycles. The van der Waals surface area contributed by atoms with Crippen LogP contribution in [-0.4, -0.2) is 0 Å². The number of hydrogen-bond acceptors (Lipinski definition) is 2. The molecular weight excluding hydrogens is 581 g/mol. The summed E-state index contributed by atoms with van der Waals surface area (Å²) in [5.74, 6) is 6.98. The molecule has 2 nitrogen and oxygen atoms in total. The largest absolute Gasteiger partial charge is 0.399 e. The van der Waals surface area contributed by atoms with Crippen LogP contribution in [-0.2, 0) is 0 Å². The van der Waals surface area contributed by atoms with Crippen LogP contribution >= 0.6 is 0 Å². The monoisotopic (exact) mass is 667 g/mol. The number of nitrogen functional groups attached to an aromatic ring is 2. The minimum absolute atomic E-state index is 0.276. The minimum Gasteiger partial charge on any atom is -0.399 e. The molecule has 0 amide bonds. The van der Waals surface area contributed by atoms with Gasteiger partial charge in [-0.3, -0.25) is 0 Å². The molecule has 1 aromatic rings. The van der Waals surface area contributed by atoms with Gasteiger partial charge in [0, 0.05) is 11.4 Å². The van der Waals surface area contributed by atoms with Gasteiger partial charge >= 0.3 is 0 Å². The molecule has 10 unspecified atom stereocenters. The molecule has 48 heavy (non-hydrogen) atoms. The summed E-state index contributed by atoms with van der Waals surface area (Å²) in [7, 11) is 0. The highest BCUT2D eigenvalue weighted by Gasteiger charge is 2.63. The van der Waals surface area contributed by atoms with Crippen molar-refractivity contribution in [2.75, 3.05) is 11.5 Å². The topological polar surface area (TPSA) is 52.0 Å². The summed E-state index contributed by atoms with van der Waals surface area (Å²) in [4.78, 5) is 0. The van der Waals surface area contributed by atoms with Crippen LogP contribution in [0.3, 0.4) is 0 Å². The average Bonchev–Trinajstić information content (AvgIpc) is 3.43. The Hall–Kier alpha value is -1.44. The zero-order valence-corrected chi connectivity index (χ0v) is 35.2. The maximum Gasteiger partial charge on any atom is 0.0340 e. The van der Waals surface area contributed by atoms with Gasteiger partial charge in [-0.2, -0.15) is 0 Å². The normalized spacial score (nSPS) is 35.2. The smallest absolute Gasteiger partial charge is 0.0340 e. The number of rotatable bonds is 8. The standard InChI is InChI=1S/C38H62N2.4C2H6/c1-24(2)10-9-11-25(3)32-13-14-33-31-12-15-35-37(7,34(31)17-19-36(32,33)6)18-16-27(5)38(35,8)23-26(4)28-20-29(39)22-30(40)21-28;4*1-2/h20-22,24-25,27,31-35H,4,9-19,23,39-40H2,1-3,5-8H3;4*1-2H3. The van der Waals surface area contributed by atoms with Crippen LogP contribution in [0.25, 0.3) is 5.57 Å². The summed E-state index contributed by atoms with van der Waals surface area (Å²) >= 11 is 0. The molecule has 0 bridgehead atoms. The quantitative estimate of drug-likeness (QED) is 0.271. The van der Waals surface area contributed by atoms with Crippen LogP contribution < -0.4 is 11.5 Å². The van der Waals surface area contributed by atoms with E-state index in [4.69, 9.17) is 11.5 Å². The van der Waals surface area contributed by atoms with Gasteiger partial charge in [0.1, 0.15) is 0 Å². The molecular formula is C46H86N2. The Kier molecular flexibility index (Phi) is 18.4. The summed E-state index contributed by atoms with van der Waals surface area (Å²) in [6.45, 7) is 38.6. The molecule has 5 rings (SSSR count). The van der Waals surface area contributed by atoms with E-state index in [1.165, 1.54) is 76.2 Å². The molecule has 0 saturated heterocycles. The van der Waals surface area contributed by atoms with Gasteiger partial charge in [-0.15, -0.1) is 0 Å². The molecule has 1 aromatic carbocycles. The van der Waals surface area contributed by atoms with Crippen molar-refractivity contribution in [3.63, 3.8) is 0 Å². The third-order valence-corrected chi connectivity index (χ3v) is 14.1. The molecule has 0 heterocycles. The first-order chi connectivity index (χ1) is 22.8. The second-order valence-electron chi connectivity index (χ2n) is 16.7. The maximum absolute atomic E-state index is 6.19. The predicted octanol–water partition coefficient (Wildman–Crippen LogP) is 14.7. The van der Waals surface area contributed by atoms with Crippen molar-refractivity contribution in [2.45, 2.75) is 181 Å². The molecule has 4 N–H and O–H groups in total. The Balaban J connectivity index is 0.00000134. The number of hydrogen-bond donors (Lipinski definition) is 2. The van der Waals surface area contributed by atoms with Gasteiger partial charge in [0.2, 0.25) is 0 Å². The van der Waals surface area contributed by atoms with Crippen molar-refractivity contribution >= 4 is 16.9 Å². The van der Waals surface area contributed by atoms with E-state index < -0.39 is 0 Å². The van der Waals surface area contributed by atoms with Gasteiger partial charge in [-0.25, -0.2) is 0 Å². The molecule has 4 aliphatic carbocycles. The highest BCUT2D eigenvalue weighted by Crippen LogP contribution is 2.71. The first-order valence-electron chi connectivity index (χ1n) is 21.1. The van der Waals surface area contributed by atoms with Crippen molar-refractivity contribution < 1.29 is 0 Å². The van der Waals surface area contributed by atoms with Gasteiger partial charge in [0.15, 0.2) is 0 Å². The molecule has 0 spiro atoms. The zero-order chi connectivity index (χ0) is 37.0. The fraction of sp³-hybridized carbons (Fsp3) is 0.826. The van der Waals surface area contributed by atoms with Crippen molar-refractivity contribution in [1.29, 1.82) is 0 Å². The lowest BCUT2D eigenvalue weighted by Gasteiger charge is -2.66. The fourth-order valence-electron chi connectivity index (χ4n) is 11.9.